The molecule has 2 rings (SSSR count). The van der Waals surface area contributed by atoms with E-state index in [4.69, 9.17) is 12.2 Å². The molecule has 0 aliphatic carbocycles. The highest BCUT2D eigenvalue weighted by atomic mass is 32.1. The van der Waals surface area contributed by atoms with Gasteiger partial charge in [-0.05, 0) is 55.9 Å². The fourth-order valence-electron chi connectivity index (χ4n) is 2.45. The average Bonchev–Trinajstić information content (AvgIpc) is 2.61. The Morgan fingerprint density at radius 2 is 1.54 bits per heavy atom. The predicted octanol–water partition coefficient (Wildman–Crippen LogP) is 2.74. The molecule has 0 saturated carbocycles. The summed E-state index contributed by atoms with van der Waals surface area (Å²) in [6.45, 7) is 8.43. The minimum atomic E-state index is -0.258. The van der Waals surface area contributed by atoms with Crippen molar-refractivity contribution < 1.29 is 9.29 Å². The third-order valence-corrected chi connectivity index (χ3v) is 4.28. The summed E-state index contributed by atoms with van der Waals surface area (Å²) in [4.78, 5) is 1.57. The molecular weight excluding hydrogens is 321 g/mol. The van der Waals surface area contributed by atoms with Crippen LogP contribution >= 0.6 is 12.2 Å². The lowest BCUT2D eigenvalue weighted by Gasteiger charge is -2.15. The molecule has 3 nitrogen and oxygen atoms in total. The van der Waals surface area contributed by atoms with Crippen molar-refractivity contribution in [3.05, 3.63) is 65.5 Å². The molecule has 24 heavy (non-hydrogen) atoms. The Morgan fingerprint density at radius 1 is 0.958 bits per heavy atom. The highest BCUT2D eigenvalue weighted by molar-refractivity contribution is 7.80. The van der Waals surface area contributed by atoms with Gasteiger partial charge in [-0.3, -0.25) is 0 Å². The van der Waals surface area contributed by atoms with E-state index in [0.717, 1.165) is 25.3 Å². The molecule has 5 heteroatoms. The largest absolute Gasteiger partial charge is 0.358 e. The van der Waals surface area contributed by atoms with E-state index in [2.05, 4.69) is 48.7 Å². The highest BCUT2D eigenvalue weighted by Crippen LogP contribution is 2.08. The van der Waals surface area contributed by atoms with Gasteiger partial charge in [-0.2, -0.15) is 0 Å². The van der Waals surface area contributed by atoms with Gasteiger partial charge in [0.1, 0.15) is 12.4 Å². The Hall–Kier alpha value is -1.98. The molecule has 0 spiro atoms. The molecule has 128 valence electrons. The number of benzene rings is 2. The first-order chi connectivity index (χ1) is 11.6. The van der Waals surface area contributed by atoms with Crippen molar-refractivity contribution in [2.75, 3.05) is 18.4 Å². The van der Waals surface area contributed by atoms with Crippen LogP contribution in [0.1, 0.15) is 25.0 Å². The van der Waals surface area contributed by atoms with Crippen molar-refractivity contribution in [1.82, 2.24) is 5.32 Å². The standard InChI is InChI=1S/C19H24FN3S/c1-3-23(4-2)14-16-7-5-15(6-8-16)13-21-19(24)22-18-11-9-17(20)10-12-18/h5-12H,3-4,13-14H2,1-2H3,(H2,21,22,24)/p+1. The van der Waals surface area contributed by atoms with E-state index in [9.17, 15) is 4.39 Å². The van der Waals surface area contributed by atoms with Gasteiger partial charge in [0.05, 0.1) is 13.1 Å². The number of nitrogens with one attached hydrogen (secondary N) is 3. The fraction of sp³-hybridized carbons (Fsp3) is 0.316. The Kier molecular flexibility index (Phi) is 7.15. The highest BCUT2D eigenvalue weighted by Gasteiger charge is 2.04. The maximum absolute atomic E-state index is 12.9. The summed E-state index contributed by atoms with van der Waals surface area (Å²) in [6.07, 6.45) is 0. The lowest BCUT2D eigenvalue weighted by atomic mass is 10.1. The van der Waals surface area contributed by atoms with Crippen molar-refractivity contribution in [2.45, 2.75) is 26.9 Å². The lowest BCUT2D eigenvalue weighted by molar-refractivity contribution is -0.910. The van der Waals surface area contributed by atoms with E-state index in [1.807, 2.05) is 0 Å². The summed E-state index contributed by atoms with van der Waals surface area (Å²) >= 11 is 5.26. The number of quaternary nitrogens is 1. The third kappa shape index (κ3) is 5.91. The van der Waals surface area contributed by atoms with Gasteiger partial charge < -0.3 is 15.5 Å². The van der Waals surface area contributed by atoms with Gasteiger partial charge in [-0.15, -0.1) is 0 Å². The second kappa shape index (κ2) is 9.35. The zero-order valence-corrected chi connectivity index (χ0v) is 15.0. The summed E-state index contributed by atoms with van der Waals surface area (Å²) in [5.41, 5.74) is 3.30. The third-order valence-electron chi connectivity index (χ3n) is 4.03. The number of halogens is 1. The Morgan fingerprint density at radius 3 is 2.12 bits per heavy atom. The smallest absolute Gasteiger partial charge is 0.171 e. The Balaban J connectivity index is 1.81. The molecule has 0 aliphatic heterocycles. The fourth-order valence-corrected chi connectivity index (χ4v) is 2.64. The van der Waals surface area contributed by atoms with Crippen LogP contribution in [0, 0.1) is 5.82 Å². The molecule has 2 aromatic rings. The van der Waals surface area contributed by atoms with Crippen molar-refractivity contribution in [3.63, 3.8) is 0 Å². The van der Waals surface area contributed by atoms with Crippen LogP contribution in [0.25, 0.3) is 0 Å². The molecule has 0 aromatic heterocycles. The SMILES string of the molecule is CC[NH+](CC)Cc1ccc(CNC(=S)Nc2ccc(F)cc2)cc1. The van der Waals surface area contributed by atoms with Crippen LogP contribution < -0.4 is 15.5 Å². The summed E-state index contributed by atoms with van der Waals surface area (Å²) in [7, 11) is 0. The number of thiocarbonyl (C=S) groups is 1. The quantitative estimate of drug-likeness (QED) is 0.673. The van der Waals surface area contributed by atoms with Gasteiger partial charge >= 0.3 is 0 Å². The molecule has 0 aliphatic rings. The van der Waals surface area contributed by atoms with E-state index in [1.165, 1.54) is 23.3 Å². The van der Waals surface area contributed by atoms with Crippen molar-refractivity contribution in [3.8, 4) is 0 Å². The summed E-state index contributed by atoms with van der Waals surface area (Å²) in [6, 6.07) is 14.7. The molecule has 0 saturated heterocycles. The monoisotopic (exact) mass is 346 g/mol. The average molecular weight is 346 g/mol. The van der Waals surface area contributed by atoms with Crippen LogP contribution in [-0.2, 0) is 13.1 Å². The summed E-state index contributed by atoms with van der Waals surface area (Å²) in [5.74, 6) is -0.258. The number of hydrogen-bond donors (Lipinski definition) is 3. The van der Waals surface area contributed by atoms with E-state index in [-0.39, 0.29) is 5.82 Å². The van der Waals surface area contributed by atoms with Gasteiger partial charge in [0.15, 0.2) is 5.11 Å². The molecule has 0 unspecified atom stereocenters. The Bertz CT molecular complexity index is 637. The van der Waals surface area contributed by atoms with Gasteiger partial charge in [0.2, 0.25) is 0 Å². The van der Waals surface area contributed by atoms with E-state index >= 15 is 0 Å². The second-order valence-corrected chi connectivity index (χ2v) is 6.17. The zero-order valence-electron chi connectivity index (χ0n) is 14.2. The van der Waals surface area contributed by atoms with Crippen LogP contribution in [0.4, 0.5) is 10.1 Å². The first-order valence-electron chi connectivity index (χ1n) is 8.32. The second-order valence-electron chi connectivity index (χ2n) is 5.76. The van der Waals surface area contributed by atoms with E-state index < -0.39 is 0 Å². The molecule has 0 radical (unpaired) electrons. The molecule has 3 N–H and O–H groups in total. The summed E-state index contributed by atoms with van der Waals surface area (Å²) < 4.78 is 12.9. The van der Waals surface area contributed by atoms with E-state index in [1.54, 1.807) is 17.0 Å². The van der Waals surface area contributed by atoms with Gasteiger partial charge in [-0.25, -0.2) is 4.39 Å². The van der Waals surface area contributed by atoms with Crippen LogP contribution in [0.15, 0.2) is 48.5 Å². The number of hydrogen-bond acceptors (Lipinski definition) is 1. The predicted molar refractivity (Wildman–Crippen MR) is 102 cm³/mol. The van der Waals surface area contributed by atoms with Gasteiger partial charge in [0, 0.05) is 17.8 Å². The van der Waals surface area contributed by atoms with Gasteiger partial charge in [-0.1, -0.05) is 24.3 Å². The van der Waals surface area contributed by atoms with Crippen molar-refractivity contribution in [2.24, 2.45) is 0 Å². The minimum Gasteiger partial charge on any atom is -0.358 e. The maximum atomic E-state index is 12.9. The summed E-state index contributed by atoms with van der Waals surface area (Å²) in [5, 5.41) is 6.73. The minimum absolute atomic E-state index is 0.258. The normalized spacial score (nSPS) is 10.7. The molecular formula is C19H25FN3S+. The first kappa shape index (κ1) is 18.4. The molecule has 2 aromatic carbocycles. The van der Waals surface area contributed by atoms with Crippen LogP contribution in [0.5, 0.6) is 0 Å². The van der Waals surface area contributed by atoms with E-state index in [0.29, 0.717) is 11.7 Å². The van der Waals surface area contributed by atoms with Gasteiger partial charge in [0.25, 0.3) is 0 Å². The maximum Gasteiger partial charge on any atom is 0.171 e. The number of rotatable bonds is 7. The molecule has 0 amide bonds. The molecule has 0 bridgehead atoms. The number of anilines is 1. The van der Waals surface area contributed by atoms with Crippen LogP contribution in [0.3, 0.4) is 0 Å². The Labute approximate surface area is 148 Å². The van der Waals surface area contributed by atoms with Crippen molar-refractivity contribution in [1.29, 1.82) is 0 Å². The topological polar surface area (TPSA) is 28.5 Å². The molecule has 0 fully saturated rings. The van der Waals surface area contributed by atoms with Crippen LogP contribution in [0.2, 0.25) is 0 Å². The molecule has 0 atom stereocenters. The zero-order chi connectivity index (χ0) is 17.4. The van der Waals surface area contributed by atoms with Crippen LogP contribution in [-0.4, -0.2) is 18.2 Å². The lowest BCUT2D eigenvalue weighted by Crippen LogP contribution is -3.10. The molecule has 0 heterocycles. The van der Waals surface area contributed by atoms with Crippen molar-refractivity contribution >= 4 is 23.0 Å². The first-order valence-corrected chi connectivity index (χ1v) is 8.73.